The number of benzene rings is 1. The number of ether oxygens (including phenoxy) is 1. The van der Waals surface area contributed by atoms with Crippen LogP contribution in [-0.4, -0.2) is 25.1 Å². The van der Waals surface area contributed by atoms with E-state index in [4.69, 9.17) is 9.73 Å². The van der Waals surface area contributed by atoms with Gasteiger partial charge in [-0.05, 0) is 37.4 Å². The molecule has 0 aliphatic carbocycles. The number of rotatable bonds is 2. The van der Waals surface area contributed by atoms with Crippen molar-refractivity contribution in [2.24, 2.45) is 4.99 Å². The molecule has 1 saturated heterocycles. The Bertz CT molecular complexity index is 436. The highest BCUT2D eigenvalue weighted by Crippen LogP contribution is 2.27. The van der Waals surface area contributed by atoms with E-state index in [0.29, 0.717) is 12.6 Å². The molecular formula is C14H18N2O. The van der Waals surface area contributed by atoms with Gasteiger partial charge in [0.05, 0.1) is 6.04 Å². The molecule has 1 N–H and O–H groups in total. The van der Waals surface area contributed by atoms with E-state index in [1.54, 1.807) is 0 Å². The molecule has 1 aromatic carbocycles. The Morgan fingerprint density at radius 1 is 1.35 bits per heavy atom. The van der Waals surface area contributed by atoms with Crippen molar-refractivity contribution in [1.82, 2.24) is 5.32 Å². The largest absolute Gasteiger partial charge is 0.477 e. The highest BCUT2D eigenvalue weighted by atomic mass is 16.5. The zero-order valence-electron chi connectivity index (χ0n) is 10.1. The van der Waals surface area contributed by atoms with E-state index >= 15 is 0 Å². The molecule has 90 valence electrons. The number of nitrogens with zero attached hydrogens (tertiary/aromatic N) is 1. The molecule has 0 aromatic heterocycles. The standard InChI is InChI=1S/C14H18N2O/c1-10-5-2-3-6-11(10)13-9-17-14(16-13)12-7-4-8-15-12/h2-3,5-6,12-13,15H,4,7-9H2,1H3. The molecule has 2 aliphatic rings. The fraction of sp³-hybridized carbons (Fsp3) is 0.500. The van der Waals surface area contributed by atoms with Gasteiger partial charge in [0.25, 0.3) is 0 Å². The molecule has 0 amide bonds. The third-order valence-electron chi connectivity index (χ3n) is 3.58. The number of aryl methyl sites for hydroxylation is 1. The van der Waals surface area contributed by atoms with Crippen molar-refractivity contribution >= 4 is 5.90 Å². The van der Waals surface area contributed by atoms with E-state index in [2.05, 4.69) is 36.5 Å². The zero-order valence-corrected chi connectivity index (χ0v) is 10.1. The van der Waals surface area contributed by atoms with E-state index in [1.807, 2.05) is 0 Å². The summed E-state index contributed by atoms with van der Waals surface area (Å²) in [5.41, 5.74) is 2.59. The fourth-order valence-electron chi connectivity index (χ4n) is 2.60. The summed E-state index contributed by atoms with van der Waals surface area (Å²) < 4.78 is 5.75. The highest BCUT2D eigenvalue weighted by Gasteiger charge is 2.28. The Hall–Kier alpha value is -1.35. The van der Waals surface area contributed by atoms with Crippen molar-refractivity contribution in [1.29, 1.82) is 0 Å². The molecular weight excluding hydrogens is 212 g/mol. The van der Waals surface area contributed by atoms with Gasteiger partial charge in [0.15, 0.2) is 0 Å². The summed E-state index contributed by atoms with van der Waals surface area (Å²) in [7, 11) is 0. The molecule has 0 bridgehead atoms. The molecule has 0 spiro atoms. The van der Waals surface area contributed by atoms with Crippen LogP contribution in [0.2, 0.25) is 0 Å². The Morgan fingerprint density at radius 3 is 3.00 bits per heavy atom. The first-order valence-corrected chi connectivity index (χ1v) is 6.34. The minimum absolute atomic E-state index is 0.189. The van der Waals surface area contributed by atoms with Crippen LogP contribution >= 0.6 is 0 Å². The molecule has 17 heavy (non-hydrogen) atoms. The summed E-state index contributed by atoms with van der Waals surface area (Å²) in [5.74, 6) is 0.913. The maximum Gasteiger partial charge on any atom is 0.201 e. The lowest BCUT2D eigenvalue weighted by atomic mass is 10.0. The molecule has 1 aromatic rings. The van der Waals surface area contributed by atoms with E-state index in [9.17, 15) is 0 Å². The number of hydrogen-bond donors (Lipinski definition) is 1. The van der Waals surface area contributed by atoms with Crippen LogP contribution in [0.25, 0.3) is 0 Å². The third-order valence-corrected chi connectivity index (χ3v) is 3.58. The second-order valence-electron chi connectivity index (χ2n) is 4.80. The van der Waals surface area contributed by atoms with Gasteiger partial charge < -0.3 is 10.1 Å². The lowest BCUT2D eigenvalue weighted by molar-refractivity contribution is 0.304. The van der Waals surface area contributed by atoms with Gasteiger partial charge in [-0.1, -0.05) is 24.3 Å². The van der Waals surface area contributed by atoms with Gasteiger partial charge in [0.1, 0.15) is 12.6 Å². The summed E-state index contributed by atoms with van der Waals surface area (Å²) in [6, 6.07) is 8.97. The molecule has 3 rings (SSSR count). The summed E-state index contributed by atoms with van der Waals surface area (Å²) in [6.07, 6.45) is 2.38. The summed E-state index contributed by atoms with van der Waals surface area (Å²) in [6.45, 7) is 3.91. The van der Waals surface area contributed by atoms with Crippen molar-refractivity contribution in [2.75, 3.05) is 13.2 Å². The number of aliphatic imine (C=N–C) groups is 1. The van der Waals surface area contributed by atoms with Gasteiger partial charge in [-0.25, -0.2) is 4.99 Å². The molecule has 2 unspecified atom stereocenters. The van der Waals surface area contributed by atoms with Crippen LogP contribution in [0.4, 0.5) is 0 Å². The van der Waals surface area contributed by atoms with Gasteiger partial charge in [-0.15, -0.1) is 0 Å². The van der Waals surface area contributed by atoms with E-state index < -0.39 is 0 Å². The van der Waals surface area contributed by atoms with Crippen LogP contribution in [0.3, 0.4) is 0 Å². The minimum Gasteiger partial charge on any atom is -0.477 e. The first-order chi connectivity index (χ1) is 8.34. The van der Waals surface area contributed by atoms with E-state index in [0.717, 1.165) is 18.9 Å². The first kappa shape index (κ1) is 10.8. The van der Waals surface area contributed by atoms with Gasteiger partial charge in [-0.2, -0.15) is 0 Å². The monoisotopic (exact) mass is 230 g/mol. The molecule has 2 aliphatic heterocycles. The average molecular weight is 230 g/mol. The van der Waals surface area contributed by atoms with Crippen molar-refractivity contribution < 1.29 is 4.74 Å². The summed E-state index contributed by atoms with van der Waals surface area (Å²) >= 11 is 0. The topological polar surface area (TPSA) is 33.6 Å². The Balaban J connectivity index is 1.80. The molecule has 3 nitrogen and oxygen atoms in total. The molecule has 2 heterocycles. The van der Waals surface area contributed by atoms with Crippen LogP contribution in [-0.2, 0) is 4.74 Å². The minimum atomic E-state index is 0.189. The summed E-state index contributed by atoms with van der Waals surface area (Å²) in [5, 5.41) is 3.43. The molecule has 0 saturated carbocycles. The predicted molar refractivity (Wildman–Crippen MR) is 68.3 cm³/mol. The quantitative estimate of drug-likeness (QED) is 0.845. The Kier molecular flexibility index (Phi) is 2.85. The second kappa shape index (κ2) is 4.49. The smallest absolute Gasteiger partial charge is 0.201 e. The van der Waals surface area contributed by atoms with Gasteiger partial charge in [-0.3, -0.25) is 0 Å². The Labute approximate surface area is 102 Å². The van der Waals surface area contributed by atoms with E-state index in [1.165, 1.54) is 17.5 Å². The van der Waals surface area contributed by atoms with Gasteiger partial charge in [0, 0.05) is 0 Å². The molecule has 3 heteroatoms. The van der Waals surface area contributed by atoms with Crippen molar-refractivity contribution in [3.63, 3.8) is 0 Å². The predicted octanol–water partition coefficient (Wildman–Crippen LogP) is 2.22. The zero-order chi connectivity index (χ0) is 11.7. The van der Waals surface area contributed by atoms with Crippen LogP contribution in [0, 0.1) is 6.92 Å². The molecule has 0 radical (unpaired) electrons. The maximum absolute atomic E-state index is 5.75. The molecule has 1 fully saturated rings. The maximum atomic E-state index is 5.75. The normalized spacial score (nSPS) is 27.9. The lowest BCUT2D eigenvalue weighted by Crippen LogP contribution is -2.30. The van der Waals surface area contributed by atoms with Crippen LogP contribution in [0.1, 0.15) is 30.0 Å². The number of hydrogen-bond acceptors (Lipinski definition) is 3. The second-order valence-corrected chi connectivity index (χ2v) is 4.80. The fourth-order valence-corrected chi connectivity index (χ4v) is 2.60. The van der Waals surface area contributed by atoms with Crippen LogP contribution in [0.5, 0.6) is 0 Å². The third kappa shape index (κ3) is 2.07. The molecule has 2 atom stereocenters. The first-order valence-electron chi connectivity index (χ1n) is 6.34. The Morgan fingerprint density at radius 2 is 2.24 bits per heavy atom. The number of nitrogens with one attached hydrogen (secondary N) is 1. The van der Waals surface area contributed by atoms with Crippen molar-refractivity contribution in [3.8, 4) is 0 Å². The summed E-state index contributed by atoms with van der Waals surface area (Å²) in [4.78, 5) is 4.73. The van der Waals surface area contributed by atoms with Gasteiger partial charge in [0.2, 0.25) is 5.90 Å². The SMILES string of the molecule is Cc1ccccc1C1COC(C2CCCN2)=N1. The average Bonchev–Trinajstić information content (AvgIpc) is 3.00. The van der Waals surface area contributed by atoms with E-state index in [-0.39, 0.29) is 6.04 Å². The van der Waals surface area contributed by atoms with Gasteiger partial charge >= 0.3 is 0 Å². The van der Waals surface area contributed by atoms with Crippen LogP contribution < -0.4 is 5.32 Å². The highest BCUT2D eigenvalue weighted by molar-refractivity contribution is 5.83. The van der Waals surface area contributed by atoms with Crippen LogP contribution in [0.15, 0.2) is 29.3 Å². The van der Waals surface area contributed by atoms with Crippen molar-refractivity contribution in [3.05, 3.63) is 35.4 Å². The lowest BCUT2D eigenvalue weighted by Gasteiger charge is -2.08. The van der Waals surface area contributed by atoms with Crippen molar-refractivity contribution in [2.45, 2.75) is 31.8 Å².